The Labute approximate surface area is 113 Å². The third-order valence-corrected chi connectivity index (χ3v) is 3.24. The van der Waals surface area contributed by atoms with E-state index < -0.39 is 5.97 Å². The molecule has 2 rings (SSSR count). The summed E-state index contributed by atoms with van der Waals surface area (Å²) in [7, 11) is 0. The fraction of sp³-hybridized carbons (Fsp3) is 0.500. The van der Waals surface area contributed by atoms with E-state index in [1.54, 1.807) is 0 Å². The number of para-hydroxylation sites is 1. The highest BCUT2D eigenvalue weighted by atomic mass is 16.5. The number of hydrogen-bond acceptors (Lipinski definition) is 4. The van der Waals surface area contributed by atoms with Gasteiger partial charge in [-0.3, -0.25) is 9.69 Å². The molecule has 1 aromatic rings. The van der Waals surface area contributed by atoms with E-state index in [1.807, 2.05) is 35.2 Å². The topological polar surface area (TPSA) is 53.0 Å². The van der Waals surface area contributed by atoms with Gasteiger partial charge in [0.15, 0.2) is 0 Å². The number of carboxylic acids is 1. The molecular formula is C14H20N2O3. The van der Waals surface area contributed by atoms with Gasteiger partial charge in [0.1, 0.15) is 6.54 Å². The summed E-state index contributed by atoms with van der Waals surface area (Å²) in [5, 5.41) is 9.01. The number of carboxylic acid groups (broad SMARTS) is 1. The molecule has 1 aliphatic rings. The van der Waals surface area contributed by atoms with Crippen LogP contribution in [0.25, 0.3) is 0 Å². The second kappa shape index (κ2) is 7.11. The van der Waals surface area contributed by atoms with Crippen molar-refractivity contribution in [3.8, 4) is 0 Å². The van der Waals surface area contributed by atoms with Crippen LogP contribution in [0.4, 0.5) is 5.69 Å². The van der Waals surface area contributed by atoms with E-state index in [0.717, 1.165) is 45.1 Å². The SMILES string of the molecule is O=C(O)CN(CCN1CCOCC1)c1ccccc1. The zero-order valence-electron chi connectivity index (χ0n) is 11.0. The Kier molecular flexibility index (Phi) is 5.18. The minimum atomic E-state index is -0.800. The van der Waals surface area contributed by atoms with Gasteiger partial charge in [-0.25, -0.2) is 0 Å². The molecule has 0 aromatic heterocycles. The van der Waals surface area contributed by atoms with Crippen LogP contribution >= 0.6 is 0 Å². The van der Waals surface area contributed by atoms with E-state index in [1.165, 1.54) is 0 Å². The Morgan fingerprint density at radius 3 is 2.58 bits per heavy atom. The van der Waals surface area contributed by atoms with E-state index in [2.05, 4.69) is 4.90 Å². The molecule has 19 heavy (non-hydrogen) atoms. The maximum atomic E-state index is 11.0. The Bertz CT molecular complexity index is 391. The number of morpholine rings is 1. The average molecular weight is 264 g/mol. The van der Waals surface area contributed by atoms with Gasteiger partial charge in [-0.05, 0) is 12.1 Å². The zero-order valence-corrected chi connectivity index (χ0v) is 11.0. The lowest BCUT2D eigenvalue weighted by atomic mass is 10.2. The molecule has 0 bridgehead atoms. The molecule has 0 aliphatic carbocycles. The number of hydrogen-bond donors (Lipinski definition) is 1. The Balaban J connectivity index is 1.92. The maximum absolute atomic E-state index is 11.0. The first-order valence-electron chi connectivity index (χ1n) is 6.57. The molecule has 1 N–H and O–H groups in total. The highest BCUT2D eigenvalue weighted by Gasteiger charge is 2.14. The summed E-state index contributed by atoms with van der Waals surface area (Å²) < 4.78 is 5.31. The van der Waals surface area contributed by atoms with Crippen molar-refractivity contribution >= 4 is 11.7 Å². The van der Waals surface area contributed by atoms with E-state index in [9.17, 15) is 4.79 Å². The van der Waals surface area contributed by atoms with Crippen LogP contribution in [0, 0.1) is 0 Å². The van der Waals surface area contributed by atoms with Crippen molar-refractivity contribution in [2.75, 3.05) is 50.8 Å². The van der Waals surface area contributed by atoms with Gasteiger partial charge in [-0.1, -0.05) is 18.2 Å². The van der Waals surface area contributed by atoms with Gasteiger partial charge in [0.05, 0.1) is 13.2 Å². The van der Waals surface area contributed by atoms with Crippen molar-refractivity contribution in [1.82, 2.24) is 4.90 Å². The van der Waals surface area contributed by atoms with Crippen LogP contribution in [-0.2, 0) is 9.53 Å². The fourth-order valence-corrected chi connectivity index (χ4v) is 2.19. The molecule has 1 aromatic carbocycles. The maximum Gasteiger partial charge on any atom is 0.323 e. The van der Waals surface area contributed by atoms with Crippen LogP contribution in [-0.4, -0.2) is 61.9 Å². The summed E-state index contributed by atoms with van der Waals surface area (Å²) >= 11 is 0. The molecule has 104 valence electrons. The second-order valence-corrected chi connectivity index (χ2v) is 4.60. The van der Waals surface area contributed by atoms with E-state index >= 15 is 0 Å². The number of nitrogens with zero attached hydrogens (tertiary/aromatic N) is 2. The van der Waals surface area contributed by atoms with Crippen molar-refractivity contribution in [1.29, 1.82) is 0 Å². The first-order valence-corrected chi connectivity index (χ1v) is 6.57. The highest BCUT2D eigenvalue weighted by molar-refractivity contribution is 5.73. The summed E-state index contributed by atoms with van der Waals surface area (Å²) in [6.07, 6.45) is 0. The Hall–Kier alpha value is -1.59. The van der Waals surface area contributed by atoms with Crippen LogP contribution in [0.1, 0.15) is 0 Å². The number of ether oxygens (including phenoxy) is 1. The number of aliphatic carboxylic acids is 1. The van der Waals surface area contributed by atoms with E-state index in [4.69, 9.17) is 9.84 Å². The highest BCUT2D eigenvalue weighted by Crippen LogP contribution is 2.12. The van der Waals surface area contributed by atoms with Gasteiger partial charge < -0.3 is 14.7 Å². The molecule has 0 atom stereocenters. The molecule has 1 fully saturated rings. The first kappa shape index (κ1) is 13.8. The Morgan fingerprint density at radius 1 is 1.26 bits per heavy atom. The molecular weight excluding hydrogens is 244 g/mol. The molecule has 0 saturated carbocycles. The van der Waals surface area contributed by atoms with E-state index in [0.29, 0.717) is 0 Å². The van der Waals surface area contributed by atoms with Gasteiger partial charge >= 0.3 is 5.97 Å². The third-order valence-electron chi connectivity index (χ3n) is 3.24. The van der Waals surface area contributed by atoms with Crippen molar-refractivity contribution in [2.24, 2.45) is 0 Å². The third kappa shape index (κ3) is 4.54. The lowest BCUT2D eigenvalue weighted by Gasteiger charge is -2.30. The van der Waals surface area contributed by atoms with Crippen LogP contribution < -0.4 is 4.90 Å². The normalized spacial score (nSPS) is 16.2. The lowest BCUT2D eigenvalue weighted by molar-refractivity contribution is -0.135. The largest absolute Gasteiger partial charge is 0.480 e. The summed E-state index contributed by atoms with van der Waals surface area (Å²) in [6, 6.07) is 9.69. The lowest BCUT2D eigenvalue weighted by Crippen LogP contribution is -2.42. The molecule has 1 heterocycles. The predicted octanol–water partition coefficient (Wildman–Crippen LogP) is 0.910. The minimum Gasteiger partial charge on any atom is -0.480 e. The summed E-state index contributed by atoms with van der Waals surface area (Å²) in [5.74, 6) is -0.800. The van der Waals surface area contributed by atoms with Gasteiger partial charge in [-0.15, -0.1) is 0 Å². The zero-order chi connectivity index (χ0) is 13.5. The Morgan fingerprint density at radius 2 is 1.95 bits per heavy atom. The molecule has 0 unspecified atom stereocenters. The van der Waals surface area contributed by atoms with Gasteiger partial charge in [0, 0.05) is 31.9 Å². The van der Waals surface area contributed by atoms with E-state index in [-0.39, 0.29) is 6.54 Å². The number of anilines is 1. The number of rotatable bonds is 6. The van der Waals surface area contributed by atoms with Gasteiger partial charge in [0.2, 0.25) is 0 Å². The molecule has 0 radical (unpaired) electrons. The average Bonchev–Trinajstić information content (AvgIpc) is 2.45. The van der Waals surface area contributed by atoms with Crippen LogP contribution in [0.3, 0.4) is 0 Å². The smallest absolute Gasteiger partial charge is 0.323 e. The van der Waals surface area contributed by atoms with Crippen molar-refractivity contribution in [3.05, 3.63) is 30.3 Å². The summed E-state index contributed by atoms with van der Waals surface area (Å²) in [6.45, 7) is 5.01. The quantitative estimate of drug-likeness (QED) is 0.827. The summed E-state index contributed by atoms with van der Waals surface area (Å²) in [4.78, 5) is 15.2. The van der Waals surface area contributed by atoms with Gasteiger partial charge in [-0.2, -0.15) is 0 Å². The monoisotopic (exact) mass is 264 g/mol. The standard InChI is InChI=1S/C14H20N2O3/c17-14(18)12-16(13-4-2-1-3-5-13)7-6-15-8-10-19-11-9-15/h1-5H,6-12H2,(H,17,18). The number of benzene rings is 1. The number of carbonyl (C=O) groups is 1. The van der Waals surface area contributed by atoms with Crippen molar-refractivity contribution in [2.45, 2.75) is 0 Å². The molecule has 5 heteroatoms. The molecule has 5 nitrogen and oxygen atoms in total. The minimum absolute atomic E-state index is 0.0361. The molecule has 1 aliphatic heterocycles. The van der Waals surface area contributed by atoms with Crippen molar-refractivity contribution in [3.63, 3.8) is 0 Å². The van der Waals surface area contributed by atoms with Crippen molar-refractivity contribution < 1.29 is 14.6 Å². The molecule has 0 amide bonds. The second-order valence-electron chi connectivity index (χ2n) is 4.60. The fourth-order valence-electron chi connectivity index (χ4n) is 2.19. The van der Waals surface area contributed by atoms with Crippen LogP contribution in [0.15, 0.2) is 30.3 Å². The predicted molar refractivity (Wildman–Crippen MR) is 73.5 cm³/mol. The van der Waals surface area contributed by atoms with Crippen LogP contribution in [0.5, 0.6) is 0 Å². The first-order chi connectivity index (χ1) is 9.25. The molecule has 1 saturated heterocycles. The van der Waals surface area contributed by atoms with Gasteiger partial charge in [0.25, 0.3) is 0 Å². The van der Waals surface area contributed by atoms with Crippen LogP contribution in [0.2, 0.25) is 0 Å². The molecule has 0 spiro atoms. The summed E-state index contributed by atoms with van der Waals surface area (Å²) in [5.41, 5.74) is 0.957.